The van der Waals surface area contributed by atoms with E-state index in [9.17, 15) is 4.79 Å². The van der Waals surface area contributed by atoms with Gasteiger partial charge in [0.05, 0.1) is 12.1 Å². The van der Waals surface area contributed by atoms with Crippen LogP contribution in [0.3, 0.4) is 0 Å². The van der Waals surface area contributed by atoms with Crippen LogP contribution in [0, 0.1) is 11.8 Å². The summed E-state index contributed by atoms with van der Waals surface area (Å²) < 4.78 is 0. The van der Waals surface area contributed by atoms with E-state index in [0.717, 1.165) is 17.1 Å². The fourth-order valence-corrected chi connectivity index (χ4v) is 2.25. The minimum atomic E-state index is -0.0777. The molecule has 0 aliphatic heterocycles. The van der Waals surface area contributed by atoms with Gasteiger partial charge in [0.15, 0.2) is 0 Å². The zero-order valence-electron chi connectivity index (χ0n) is 11.4. The average molecular weight is 276 g/mol. The summed E-state index contributed by atoms with van der Waals surface area (Å²) in [7, 11) is 0. The van der Waals surface area contributed by atoms with Gasteiger partial charge < -0.3 is 11.1 Å². The third-order valence-corrected chi connectivity index (χ3v) is 3.59. The van der Waals surface area contributed by atoms with E-state index in [1.54, 1.807) is 6.07 Å². The summed E-state index contributed by atoms with van der Waals surface area (Å²) in [5, 5.41) is 2.99. The number of amides is 1. The highest BCUT2D eigenvalue weighted by Crippen LogP contribution is 2.08. The van der Waals surface area contributed by atoms with Crippen molar-refractivity contribution in [3.63, 3.8) is 0 Å². The highest BCUT2D eigenvalue weighted by atomic mass is 32.2. The summed E-state index contributed by atoms with van der Waals surface area (Å²) in [6.07, 6.45) is 0. The molecule has 0 aliphatic carbocycles. The molecule has 1 aromatic carbocycles. The van der Waals surface area contributed by atoms with Crippen LogP contribution in [0.4, 0.5) is 0 Å². The molecule has 0 spiro atoms. The highest BCUT2D eigenvalue weighted by molar-refractivity contribution is 7.99. The lowest BCUT2D eigenvalue weighted by molar-refractivity contribution is 0.0943. The van der Waals surface area contributed by atoms with Crippen molar-refractivity contribution in [1.82, 2.24) is 5.32 Å². The topological polar surface area (TPSA) is 55.1 Å². The molecule has 0 saturated carbocycles. The first-order valence-electron chi connectivity index (χ1n) is 6.35. The van der Waals surface area contributed by atoms with E-state index in [-0.39, 0.29) is 11.9 Å². The minimum Gasteiger partial charge on any atom is -0.349 e. The molecule has 1 aromatic rings. The molecule has 19 heavy (non-hydrogen) atoms. The van der Waals surface area contributed by atoms with Crippen molar-refractivity contribution in [2.45, 2.75) is 19.9 Å². The van der Waals surface area contributed by atoms with E-state index in [4.69, 9.17) is 5.73 Å². The Morgan fingerprint density at radius 3 is 2.89 bits per heavy atom. The number of thioether (sulfide) groups is 1. The Morgan fingerprint density at radius 1 is 1.47 bits per heavy atom. The van der Waals surface area contributed by atoms with Crippen molar-refractivity contribution in [1.29, 1.82) is 0 Å². The van der Waals surface area contributed by atoms with Gasteiger partial charge in [0.1, 0.15) is 0 Å². The summed E-state index contributed by atoms with van der Waals surface area (Å²) >= 11 is 1.81. The van der Waals surface area contributed by atoms with E-state index in [2.05, 4.69) is 24.1 Å². The van der Waals surface area contributed by atoms with Crippen LogP contribution in [0.2, 0.25) is 0 Å². The lowest BCUT2D eigenvalue weighted by Crippen LogP contribution is -2.34. The normalized spacial score (nSPS) is 11.3. The summed E-state index contributed by atoms with van der Waals surface area (Å²) in [5.74, 6) is 7.60. The maximum Gasteiger partial charge on any atom is 0.252 e. The number of rotatable bonds is 5. The summed E-state index contributed by atoms with van der Waals surface area (Å²) in [4.78, 5) is 12.2. The average Bonchev–Trinajstić information content (AvgIpc) is 2.43. The van der Waals surface area contributed by atoms with Gasteiger partial charge in [-0.05, 0) is 24.8 Å². The maximum atomic E-state index is 12.2. The highest BCUT2D eigenvalue weighted by Gasteiger charge is 2.12. The quantitative estimate of drug-likeness (QED) is 0.807. The number of carbonyl (C=O) groups excluding carboxylic acids is 1. The monoisotopic (exact) mass is 276 g/mol. The molecule has 1 atom stereocenters. The Labute approximate surface area is 119 Å². The first-order chi connectivity index (χ1) is 9.19. The molecular weight excluding hydrogens is 256 g/mol. The van der Waals surface area contributed by atoms with Crippen molar-refractivity contribution in [3.05, 3.63) is 35.4 Å². The fourth-order valence-electron chi connectivity index (χ4n) is 1.57. The maximum absolute atomic E-state index is 12.2. The predicted octanol–water partition coefficient (Wildman–Crippen LogP) is 1.87. The second kappa shape index (κ2) is 8.63. The lowest BCUT2D eigenvalue weighted by Gasteiger charge is -2.13. The first-order valence-corrected chi connectivity index (χ1v) is 7.51. The Balaban J connectivity index is 2.76. The second-order valence-corrected chi connectivity index (χ2v) is 5.40. The molecule has 0 heterocycles. The summed E-state index contributed by atoms with van der Waals surface area (Å²) in [5.41, 5.74) is 6.69. The largest absolute Gasteiger partial charge is 0.349 e. The molecule has 102 valence electrons. The molecule has 1 amide bonds. The van der Waals surface area contributed by atoms with Crippen molar-refractivity contribution >= 4 is 17.7 Å². The van der Waals surface area contributed by atoms with Crippen LogP contribution in [-0.4, -0.2) is 30.0 Å². The molecule has 0 saturated heterocycles. The van der Waals surface area contributed by atoms with Crippen LogP contribution in [0.25, 0.3) is 0 Å². The zero-order valence-corrected chi connectivity index (χ0v) is 12.2. The predicted molar refractivity (Wildman–Crippen MR) is 82.3 cm³/mol. The van der Waals surface area contributed by atoms with Crippen molar-refractivity contribution in [2.75, 3.05) is 18.1 Å². The van der Waals surface area contributed by atoms with E-state index < -0.39 is 0 Å². The number of benzene rings is 1. The van der Waals surface area contributed by atoms with E-state index in [1.807, 2.05) is 36.9 Å². The first kappa shape index (κ1) is 15.6. The molecule has 1 rings (SSSR count). The smallest absolute Gasteiger partial charge is 0.252 e. The van der Waals surface area contributed by atoms with Crippen LogP contribution >= 0.6 is 11.8 Å². The van der Waals surface area contributed by atoms with Crippen LogP contribution in [0.5, 0.6) is 0 Å². The number of carbonyl (C=O) groups is 1. The van der Waals surface area contributed by atoms with Gasteiger partial charge in [-0.1, -0.05) is 30.9 Å². The molecule has 0 aliphatic rings. The Bertz CT molecular complexity index is 477. The molecule has 0 fully saturated rings. The third-order valence-electron chi connectivity index (χ3n) is 2.45. The van der Waals surface area contributed by atoms with Crippen molar-refractivity contribution < 1.29 is 4.79 Å². The number of hydrogen-bond acceptors (Lipinski definition) is 3. The van der Waals surface area contributed by atoms with Gasteiger partial charge in [-0.2, -0.15) is 11.8 Å². The molecule has 3 N–H and O–H groups in total. The van der Waals surface area contributed by atoms with Gasteiger partial charge in [-0.15, -0.1) is 0 Å². The van der Waals surface area contributed by atoms with Crippen LogP contribution in [-0.2, 0) is 0 Å². The Kier molecular flexibility index (Phi) is 7.09. The number of nitrogens with one attached hydrogen (secondary N) is 1. The SMILES string of the molecule is CCSCC(C)NC(=O)c1ccccc1C#CCN. The Morgan fingerprint density at radius 2 is 2.21 bits per heavy atom. The van der Waals surface area contributed by atoms with Crippen LogP contribution < -0.4 is 11.1 Å². The van der Waals surface area contributed by atoms with Gasteiger partial charge in [-0.3, -0.25) is 4.79 Å². The second-order valence-electron chi connectivity index (χ2n) is 4.09. The lowest BCUT2D eigenvalue weighted by atomic mass is 10.1. The van der Waals surface area contributed by atoms with Gasteiger partial charge in [0.25, 0.3) is 5.91 Å². The van der Waals surface area contributed by atoms with Crippen LogP contribution in [0.15, 0.2) is 24.3 Å². The van der Waals surface area contributed by atoms with Crippen molar-refractivity contribution in [3.8, 4) is 11.8 Å². The van der Waals surface area contributed by atoms with E-state index in [0.29, 0.717) is 12.1 Å². The molecule has 0 aromatic heterocycles. The number of hydrogen-bond donors (Lipinski definition) is 2. The zero-order chi connectivity index (χ0) is 14.1. The summed E-state index contributed by atoms with van der Waals surface area (Å²) in [6.45, 7) is 4.41. The van der Waals surface area contributed by atoms with Gasteiger partial charge in [-0.25, -0.2) is 0 Å². The molecule has 4 heteroatoms. The van der Waals surface area contributed by atoms with E-state index in [1.165, 1.54) is 0 Å². The molecule has 0 radical (unpaired) electrons. The third kappa shape index (κ3) is 5.37. The molecular formula is C15H20N2OS. The van der Waals surface area contributed by atoms with E-state index >= 15 is 0 Å². The van der Waals surface area contributed by atoms with Crippen molar-refractivity contribution in [2.24, 2.45) is 5.73 Å². The Hall–Kier alpha value is -1.44. The van der Waals surface area contributed by atoms with Gasteiger partial charge in [0.2, 0.25) is 0 Å². The van der Waals surface area contributed by atoms with Crippen LogP contribution in [0.1, 0.15) is 29.8 Å². The molecule has 3 nitrogen and oxygen atoms in total. The molecule has 0 bridgehead atoms. The number of nitrogens with two attached hydrogens (primary N) is 1. The molecule has 1 unspecified atom stereocenters. The standard InChI is InChI=1S/C15H20N2OS/c1-3-19-11-12(2)17-15(18)14-9-5-4-7-13(14)8-6-10-16/h4-5,7,9,12H,3,10-11,16H2,1-2H3,(H,17,18). The summed E-state index contributed by atoms with van der Waals surface area (Å²) in [6, 6.07) is 7.48. The fraction of sp³-hybridized carbons (Fsp3) is 0.400. The van der Waals surface area contributed by atoms with Gasteiger partial charge in [0, 0.05) is 17.4 Å². The van der Waals surface area contributed by atoms with Gasteiger partial charge >= 0.3 is 0 Å². The minimum absolute atomic E-state index is 0.0777.